The van der Waals surface area contributed by atoms with Crippen molar-refractivity contribution < 1.29 is 24.8 Å². The first kappa shape index (κ1) is 24.1. The summed E-state index contributed by atoms with van der Waals surface area (Å²) in [5.74, 6) is 1.14. The van der Waals surface area contributed by atoms with Crippen molar-refractivity contribution in [2.45, 2.75) is 84.8 Å². The van der Waals surface area contributed by atoms with Crippen LogP contribution in [0.5, 0.6) is 0 Å². The summed E-state index contributed by atoms with van der Waals surface area (Å²) in [5.41, 5.74) is 1.30. The van der Waals surface area contributed by atoms with Gasteiger partial charge in [0.25, 0.3) is 0 Å². The summed E-state index contributed by atoms with van der Waals surface area (Å²) in [4.78, 5) is 16.6. The molecule has 2 N–H and O–H groups in total. The van der Waals surface area contributed by atoms with E-state index >= 15 is 0 Å². The number of hydrogen-bond donors (Lipinski definition) is 2. The van der Waals surface area contributed by atoms with E-state index in [0.717, 1.165) is 38.5 Å². The lowest BCUT2D eigenvalue weighted by atomic mass is 9.66. The van der Waals surface area contributed by atoms with Crippen molar-refractivity contribution in [2.75, 3.05) is 6.61 Å². The molecule has 0 saturated carbocycles. The van der Waals surface area contributed by atoms with Crippen LogP contribution in [-0.4, -0.2) is 35.1 Å². The number of aliphatic hydroxyl groups is 1. The summed E-state index contributed by atoms with van der Waals surface area (Å²) in [6.45, 7) is 8.55. The number of carbonyl (C=O) groups is 1. The van der Waals surface area contributed by atoms with Gasteiger partial charge in [-0.25, -0.2) is 4.89 Å². The average molecular weight is 409 g/mol. The molecule has 5 unspecified atom stereocenters. The number of rotatable bonds is 11. The SMILES string of the molecule is CCC(C)C(=O)OC1CCC=C2C=CC(C)C(CC[C@@H](O)C[C@@H](C)CCOO)C21. The largest absolute Gasteiger partial charge is 0.461 e. The second-order valence-electron chi connectivity index (χ2n) is 9.17. The van der Waals surface area contributed by atoms with Crippen molar-refractivity contribution in [1.82, 2.24) is 0 Å². The highest BCUT2D eigenvalue weighted by atomic mass is 17.1. The molecule has 0 fully saturated rings. The third kappa shape index (κ3) is 6.94. The lowest BCUT2D eigenvalue weighted by Gasteiger charge is -2.42. The van der Waals surface area contributed by atoms with Gasteiger partial charge in [-0.2, -0.15) is 0 Å². The Kier molecular flexibility index (Phi) is 9.87. The third-order valence-electron chi connectivity index (χ3n) is 6.84. The standard InChI is InChI=1S/C24H40O5/c1-5-17(3)24(26)29-22-8-6-7-19-10-9-18(4)21(23(19)22)12-11-20(25)15-16(2)13-14-28-27/h7,9-10,16-18,20-23,25,27H,5-6,8,11-15H2,1-4H3/t16-,17?,18?,20+,21?,22?,23?/m0/s1. The van der Waals surface area contributed by atoms with Crippen molar-refractivity contribution in [3.63, 3.8) is 0 Å². The average Bonchev–Trinajstić information content (AvgIpc) is 2.71. The highest BCUT2D eigenvalue weighted by molar-refractivity contribution is 5.72. The predicted molar refractivity (Wildman–Crippen MR) is 114 cm³/mol. The minimum absolute atomic E-state index is 0.0633. The molecule has 0 radical (unpaired) electrons. The van der Waals surface area contributed by atoms with Gasteiger partial charge in [-0.05, 0) is 68.3 Å². The predicted octanol–water partition coefficient (Wildman–Crippen LogP) is 5.15. The number of esters is 1. The summed E-state index contributed by atoms with van der Waals surface area (Å²) in [6.07, 6.45) is 12.1. The van der Waals surface area contributed by atoms with Gasteiger partial charge in [0, 0.05) is 5.92 Å². The zero-order chi connectivity index (χ0) is 21.4. The van der Waals surface area contributed by atoms with E-state index in [1.807, 2.05) is 13.8 Å². The molecule has 2 rings (SSSR count). The Morgan fingerprint density at radius 2 is 2.07 bits per heavy atom. The van der Waals surface area contributed by atoms with Gasteiger partial charge in [0.05, 0.1) is 18.6 Å². The van der Waals surface area contributed by atoms with Crippen molar-refractivity contribution in [3.8, 4) is 0 Å². The van der Waals surface area contributed by atoms with Crippen LogP contribution in [0.4, 0.5) is 0 Å². The fourth-order valence-electron chi connectivity index (χ4n) is 4.72. The van der Waals surface area contributed by atoms with Crippen LogP contribution in [0.2, 0.25) is 0 Å². The second-order valence-corrected chi connectivity index (χ2v) is 9.17. The quantitative estimate of drug-likeness (QED) is 0.281. The minimum atomic E-state index is -0.362. The monoisotopic (exact) mass is 408 g/mol. The van der Waals surface area contributed by atoms with Crippen LogP contribution in [0.1, 0.15) is 72.6 Å². The normalized spacial score (nSPS) is 29.5. The van der Waals surface area contributed by atoms with E-state index in [2.05, 4.69) is 37.0 Å². The summed E-state index contributed by atoms with van der Waals surface area (Å²) < 4.78 is 5.99. The first-order valence-electron chi connectivity index (χ1n) is 11.4. The van der Waals surface area contributed by atoms with E-state index in [9.17, 15) is 9.90 Å². The van der Waals surface area contributed by atoms with Crippen LogP contribution < -0.4 is 0 Å². The summed E-state index contributed by atoms with van der Waals surface area (Å²) in [6, 6.07) is 0. The Hall–Kier alpha value is -1.17. The molecule has 5 nitrogen and oxygen atoms in total. The number of hydrogen-bond acceptors (Lipinski definition) is 5. The maximum atomic E-state index is 12.5. The van der Waals surface area contributed by atoms with Gasteiger partial charge in [0.2, 0.25) is 0 Å². The van der Waals surface area contributed by atoms with Crippen LogP contribution >= 0.6 is 0 Å². The fourth-order valence-corrected chi connectivity index (χ4v) is 4.72. The molecule has 7 atom stereocenters. The Morgan fingerprint density at radius 3 is 2.76 bits per heavy atom. The molecule has 0 heterocycles. The lowest BCUT2D eigenvalue weighted by molar-refractivity contribution is -0.244. The molecule has 0 saturated heterocycles. The zero-order valence-electron chi connectivity index (χ0n) is 18.5. The smallest absolute Gasteiger partial charge is 0.308 e. The third-order valence-corrected chi connectivity index (χ3v) is 6.84. The Morgan fingerprint density at radius 1 is 1.31 bits per heavy atom. The van der Waals surface area contributed by atoms with Crippen molar-refractivity contribution >= 4 is 5.97 Å². The first-order valence-corrected chi connectivity index (χ1v) is 11.4. The molecule has 0 amide bonds. The summed E-state index contributed by atoms with van der Waals surface area (Å²) in [7, 11) is 0. The molecule has 0 aromatic heterocycles. The molecule has 0 bridgehead atoms. The summed E-state index contributed by atoms with van der Waals surface area (Å²) in [5, 5.41) is 19.0. The van der Waals surface area contributed by atoms with Gasteiger partial charge < -0.3 is 9.84 Å². The molecule has 5 heteroatoms. The summed E-state index contributed by atoms with van der Waals surface area (Å²) >= 11 is 0. The topological polar surface area (TPSA) is 76.0 Å². The molecular formula is C24H40O5. The molecule has 0 aromatic carbocycles. The molecule has 0 aromatic rings. The van der Waals surface area contributed by atoms with E-state index in [-0.39, 0.29) is 30.0 Å². The van der Waals surface area contributed by atoms with Gasteiger partial charge in [-0.15, -0.1) is 0 Å². The van der Waals surface area contributed by atoms with E-state index in [1.165, 1.54) is 5.57 Å². The van der Waals surface area contributed by atoms with Crippen LogP contribution in [0.15, 0.2) is 23.8 Å². The fraction of sp³-hybridized carbons (Fsp3) is 0.792. The zero-order valence-corrected chi connectivity index (χ0v) is 18.5. The van der Waals surface area contributed by atoms with E-state index in [4.69, 9.17) is 9.99 Å². The van der Waals surface area contributed by atoms with Crippen molar-refractivity contribution in [3.05, 3.63) is 23.8 Å². The molecule has 29 heavy (non-hydrogen) atoms. The van der Waals surface area contributed by atoms with Crippen molar-refractivity contribution in [2.24, 2.45) is 29.6 Å². The Balaban J connectivity index is 2.01. The van der Waals surface area contributed by atoms with Crippen LogP contribution in [-0.2, 0) is 14.4 Å². The number of aliphatic hydroxyl groups excluding tert-OH is 1. The highest BCUT2D eigenvalue weighted by Crippen LogP contribution is 2.44. The Bertz CT molecular complexity index is 570. The number of allylic oxidation sites excluding steroid dienone is 3. The minimum Gasteiger partial charge on any atom is -0.461 e. The molecule has 0 spiro atoms. The highest BCUT2D eigenvalue weighted by Gasteiger charge is 2.40. The molecule has 2 aliphatic carbocycles. The molecule has 2 aliphatic rings. The van der Waals surface area contributed by atoms with Crippen LogP contribution in [0, 0.1) is 29.6 Å². The molecule has 166 valence electrons. The van der Waals surface area contributed by atoms with Crippen LogP contribution in [0.25, 0.3) is 0 Å². The molecule has 0 aliphatic heterocycles. The maximum Gasteiger partial charge on any atom is 0.308 e. The maximum absolute atomic E-state index is 12.5. The first-order chi connectivity index (χ1) is 13.9. The van der Waals surface area contributed by atoms with Crippen LogP contribution in [0.3, 0.4) is 0 Å². The number of carbonyl (C=O) groups excluding carboxylic acids is 1. The van der Waals surface area contributed by atoms with E-state index in [0.29, 0.717) is 30.8 Å². The van der Waals surface area contributed by atoms with Gasteiger partial charge in [-0.3, -0.25) is 10.1 Å². The van der Waals surface area contributed by atoms with Gasteiger partial charge >= 0.3 is 5.97 Å². The van der Waals surface area contributed by atoms with E-state index < -0.39 is 0 Å². The van der Waals surface area contributed by atoms with E-state index in [1.54, 1.807) is 0 Å². The number of ether oxygens (including phenoxy) is 1. The van der Waals surface area contributed by atoms with Crippen molar-refractivity contribution in [1.29, 1.82) is 0 Å². The lowest BCUT2D eigenvalue weighted by Crippen LogP contribution is -2.40. The van der Waals surface area contributed by atoms with Gasteiger partial charge in [0.15, 0.2) is 0 Å². The van der Waals surface area contributed by atoms with Gasteiger partial charge in [0.1, 0.15) is 6.10 Å². The Labute approximate surface area is 176 Å². The second kappa shape index (κ2) is 11.9. The number of fused-ring (bicyclic) bond motifs is 1. The molecular weight excluding hydrogens is 368 g/mol. The van der Waals surface area contributed by atoms with Gasteiger partial charge in [-0.1, -0.05) is 45.9 Å².